The molecule has 0 aromatic heterocycles. The van der Waals surface area contributed by atoms with Crippen LogP contribution >= 0.6 is 0 Å². The number of amides is 2. The zero-order valence-corrected chi connectivity index (χ0v) is 17.8. The van der Waals surface area contributed by atoms with Gasteiger partial charge in [-0.15, -0.1) is 0 Å². The fourth-order valence-corrected chi connectivity index (χ4v) is 6.90. The SMILES string of the molecule is CC(=O)Nc1ccc(N2CCC[C@H](NC(=O)C34CC5CC(C3)C(O)C(C5)C4)C2)cc1. The third-order valence-corrected chi connectivity index (χ3v) is 8.01. The van der Waals surface area contributed by atoms with E-state index in [1.54, 1.807) is 0 Å². The summed E-state index contributed by atoms with van der Waals surface area (Å²) in [5, 5.41) is 16.7. The topological polar surface area (TPSA) is 81.7 Å². The van der Waals surface area contributed by atoms with Crippen LogP contribution in [0, 0.1) is 23.2 Å². The van der Waals surface area contributed by atoms with Crippen LogP contribution in [0.2, 0.25) is 0 Å². The maximum Gasteiger partial charge on any atom is 0.226 e. The molecule has 3 N–H and O–H groups in total. The molecule has 5 aliphatic rings. The summed E-state index contributed by atoms with van der Waals surface area (Å²) < 4.78 is 0. The fourth-order valence-electron chi connectivity index (χ4n) is 6.90. The molecule has 2 unspecified atom stereocenters. The number of anilines is 2. The van der Waals surface area contributed by atoms with Gasteiger partial charge < -0.3 is 20.6 Å². The first kappa shape index (κ1) is 19.9. The Balaban J connectivity index is 1.23. The molecule has 1 aliphatic heterocycles. The highest BCUT2D eigenvalue weighted by Gasteiger charge is 2.58. The molecule has 0 spiro atoms. The molecule has 1 saturated heterocycles. The summed E-state index contributed by atoms with van der Waals surface area (Å²) in [6.45, 7) is 3.31. The molecule has 1 aromatic carbocycles. The van der Waals surface area contributed by atoms with Crippen molar-refractivity contribution in [2.75, 3.05) is 23.3 Å². The molecule has 6 rings (SSSR count). The third-order valence-electron chi connectivity index (χ3n) is 8.01. The largest absolute Gasteiger partial charge is 0.393 e. The Kier molecular flexibility index (Phi) is 5.00. The van der Waals surface area contributed by atoms with E-state index in [-0.39, 0.29) is 29.4 Å². The van der Waals surface area contributed by atoms with Gasteiger partial charge in [-0.05, 0) is 87.0 Å². The number of benzene rings is 1. The highest BCUT2D eigenvalue weighted by Crippen LogP contribution is 2.60. The van der Waals surface area contributed by atoms with E-state index < -0.39 is 0 Å². The van der Waals surface area contributed by atoms with Gasteiger partial charge in [0.15, 0.2) is 0 Å². The average Bonchev–Trinajstić information content (AvgIpc) is 2.71. The van der Waals surface area contributed by atoms with Crippen molar-refractivity contribution in [2.24, 2.45) is 23.2 Å². The van der Waals surface area contributed by atoms with Crippen molar-refractivity contribution in [2.45, 2.75) is 64.0 Å². The minimum atomic E-state index is -0.238. The molecule has 6 nitrogen and oxygen atoms in total. The first-order chi connectivity index (χ1) is 14.4. The number of rotatable bonds is 4. The molecule has 30 heavy (non-hydrogen) atoms. The van der Waals surface area contributed by atoms with E-state index in [0.29, 0.717) is 17.8 Å². The second kappa shape index (κ2) is 7.56. The van der Waals surface area contributed by atoms with E-state index in [2.05, 4.69) is 15.5 Å². The summed E-state index contributed by atoms with van der Waals surface area (Å²) in [7, 11) is 0. The summed E-state index contributed by atoms with van der Waals surface area (Å²) in [6, 6.07) is 8.10. The van der Waals surface area contributed by atoms with E-state index in [9.17, 15) is 14.7 Å². The quantitative estimate of drug-likeness (QED) is 0.712. The lowest BCUT2D eigenvalue weighted by Gasteiger charge is -2.58. The summed E-state index contributed by atoms with van der Waals surface area (Å²) >= 11 is 0. The van der Waals surface area contributed by atoms with Crippen LogP contribution in [0.3, 0.4) is 0 Å². The number of piperidine rings is 1. The van der Waals surface area contributed by atoms with E-state index >= 15 is 0 Å². The highest BCUT2D eigenvalue weighted by atomic mass is 16.3. The van der Waals surface area contributed by atoms with Crippen LogP contribution in [-0.2, 0) is 9.59 Å². The Bertz CT molecular complexity index is 807. The van der Waals surface area contributed by atoms with Gasteiger partial charge >= 0.3 is 0 Å². The van der Waals surface area contributed by atoms with E-state index in [4.69, 9.17) is 0 Å². The molecule has 4 saturated carbocycles. The maximum atomic E-state index is 13.4. The van der Waals surface area contributed by atoms with E-state index in [0.717, 1.165) is 69.4 Å². The zero-order valence-electron chi connectivity index (χ0n) is 17.8. The molecule has 6 heteroatoms. The lowest BCUT2D eigenvalue weighted by atomic mass is 9.48. The fraction of sp³-hybridized carbons (Fsp3) is 0.667. The molecular formula is C24H33N3O3. The Labute approximate surface area is 178 Å². The van der Waals surface area contributed by atoms with Gasteiger partial charge in [-0.3, -0.25) is 9.59 Å². The molecule has 2 amide bonds. The predicted molar refractivity (Wildman–Crippen MR) is 116 cm³/mol. The second-order valence-electron chi connectivity index (χ2n) is 10.2. The lowest BCUT2D eigenvalue weighted by molar-refractivity contribution is -0.163. The van der Waals surface area contributed by atoms with Crippen molar-refractivity contribution in [1.82, 2.24) is 5.32 Å². The Hall–Kier alpha value is -2.08. The van der Waals surface area contributed by atoms with Gasteiger partial charge in [0.1, 0.15) is 0 Å². The number of carbonyl (C=O) groups is 2. The third kappa shape index (κ3) is 3.59. The first-order valence-electron chi connectivity index (χ1n) is 11.5. The molecule has 4 bridgehead atoms. The van der Waals surface area contributed by atoms with Gasteiger partial charge in [-0.2, -0.15) is 0 Å². The summed E-state index contributed by atoms with van der Waals surface area (Å²) in [6.07, 6.45) is 6.85. The summed E-state index contributed by atoms with van der Waals surface area (Å²) in [4.78, 5) is 27.0. The molecule has 4 aliphatic carbocycles. The number of aliphatic hydroxyl groups excluding tert-OH is 1. The molecule has 0 radical (unpaired) electrons. The number of hydrogen-bond donors (Lipinski definition) is 3. The molecule has 162 valence electrons. The molecular weight excluding hydrogens is 378 g/mol. The van der Waals surface area contributed by atoms with Crippen molar-refractivity contribution in [3.05, 3.63) is 24.3 Å². The van der Waals surface area contributed by atoms with Crippen molar-refractivity contribution < 1.29 is 14.7 Å². The van der Waals surface area contributed by atoms with Gasteiger partial charge in [0, 0.05) is 37.4 Å². The minimum absolute atomic E-state index is 0.0688. The van der Waals surface area contributed by atoms with Crippen molar-refractivity contribution in [3.8, 4) is 0 Å². The molecule has 1 heterocycles. The Morgan fingerprint density at radius 1 is 1.10 bits per heavy atom. The maximum absolute atomic E-state index is 13.4. The Morgan fingerprint density at radius 3 is 2.47 bits per heavy atom. The normalized spacial score (nSPS) is 37.1. The first-order valence-corrected chi connectivity index (χ1v) is 11.5. The van der Waals surface area contributed by atoms with Crippen LogP contribution < -0.4 is 15.5 Å². The van der Waals surface area contributed by atoms with Crippen molar-refractivity contribution in [3.63, 3.8) is 0 Å². The number of hydrogen-bond acceptors (Lipinski definition) is 4. The smallest absolute Gasteiger partial charge is 0.226 e. The van der Waals surface area contributed by atoms with Gasteiger partial charge in [-0.25, -0.2) is 0 Å². The highest BCUT2D eigenvalue weighted by molar-refractivity contribution is 5.88. The average molecular weight is 412 g/mol. The van der Waals surface area contributed by atoms with Crippen molar-refractivity contribution >= 4 is 23.2 Å². The number of aliphatic hydroxyl groups is 1. The molecule has 1 aromatic rings. The van der Waals surface area contributed by atoms with Crippen LogP contribution in [0.1, 0.15) is 51.9 Å². The van der Waals surface area contributed by atoms with Crippen molar-refractivity contribution in [1.29, 1.82) is 0 Å². The van der Waals surface area contributed by atoms with Crippen LogP contribution in [0.4, 0.5) is 11.4 Å². The monoisotopic (exact) mass is 411 g/mol. The van der Waals surface area contributed by atoms with Gasteiger partial charge in [0.05, 0.1) is 11.5 Å². The summed E-state index contributed by atoms with van der Waals surface area (Å²) in [5.41, 5.74) is 1.69. The van der Waals surface area contributed by atoms with Crippen LogP contribution in [0.5, 0.6) is 0 Å². The molecule has 3 atom stereocenters. The minimum Gasteiger partial charge on any atom is -0.393 e. The van der Waals surface area contributed by atoms with Crippen LogP contribution in [0.15, 0.2) is 24.3 Å². The zero-order chi connectivity index (χ0) is 20.9. The van der Waals surface area contributed by atoms with Gasteiger partial charge in [0.25, 0.3) is 0 Å². The Morgan fingerprint density at radius 2 is 1.80 bits per heavy atom. The van der Waals surface area contributed by atoms with Crippen LogP contribution in [0.25, 0.3) is 0 Å². The van der Waals surface area contributed by atoms with E-state index in [1.165, 1.54) is 6.92 Å². The van der Waals surface area contributed by atoms with E-state index in [1.807, 2.05) is 24.3 Å². The predicted octanol–water partition coefficient (Wildman–Crippen LogP) is 2.92. The van der Waals surface area contributed by atoms with Gasteiger partial charge in [0.2, 0.25) is 11.8 Å². The lowest BCUT2D eigenvalue weighted by Crippen LogP contribution is -2.60. The standard InChI is InChI=1S/C24H33N3O3/c1-15(28)25-19-4-6-21(7-5-19)27-8-2-3-20(14-27)26-23(30)24-11-16-9-17(12-24)22(29)18(10-16)13-24/h4-7,16-18,20,22,29H,2-3,8-14H2,1H3,(H,25,28)(H,26,30)/t16?,17?,18?,20-,22?,24?/m0/s1. The summed E-state index contributed by atoms with van der Waals surface area (Å²) in [5.74, 6) is 1.45. The van der Waals surface area contributed by atoms with Gasteiger partial charge in [-0.1, -0.05) is 0 Å². The number of carbonyl (C=O) groups excluding carboxylic acids is 2. The molecule has 5 fully saturated rings. The second-order valence-corrected chi connectivity index (χ2v) is 10.2. The number of nitrogens with zero attached hydrogens (tertiary/aromatic N) is 1. The number of nitrogens with one attached hydrogen (secondary N) is 2. The van der Waals surface area contributed by atoms with Crippen LogP contribution in [-0.4, -0.2) is 42.2 Å².